The first-order chi connectivity index (χ1) is 14.5. The number of hydrogen-bond acceptors (Lipinski definition) is 0. The lowest BCUT2D eigenvalue weighted by atomic mass is 9.66. The molecule has 30 heavy (non-hydrogen) atoms. The summed E-state index contributed by atoms with van der Waals surface area (Å²) < 4.78 is 11.3. The molecular formula is C29H36N+. The van der Waals surface area contributed by atoms with Gasteiger partial charge in [-0.1, -0.05) is 58.0 Å². The Hall–Kier alpha value is -2.15. The predicted octanol–water partition coefficient (Wildman–Crippen LogP) is 7.27. The Morgan fingerprint density at radius 1 is 1.00 bits per heavy atom. The van der Waals surface area contributed by atoms with Crippen LogP contribution in [0.1, 0.15) is 88.6 Å². The van der Waals surface area contributed by atoms with Crippen LogP contribution in [0.5, 0.6) is 0 Å². The van der Waals surface area contributed by atoms with E-state index in [1.165, 1.54) is 64.6 Å². The average molecular weight is 400 g/mol. The minimum atomic E-state index is -0.0781. The third-order valence-corrected chi connectivity index (χ3v) is 8.22. The van der Waals surface area contributed by atoms with Gasteiger partial charge in [-0.15, -0.1) is 0 Å². The van der Waals surface area contributed by atoms with Crippen LogP contribution in [0, 0.1) is 19.3 Å². The van der Waals surface area contributed by atoms with Gasteiger partial charge < -0.3 is 0 Å². The van der Waals surface area contributed by atoms with Crippen molar-refractivity contribution in [2.45, 2.75) is 78.6 Å². The SMILES string of the molecule is [2H]c1c(C)[n+](C)c2c3c(cc(C4CCC(C)(C)CC4)cc13)C(C)(C)c1cccc(C)c1-2. The third kappa shape index (κ3) is 2.77. The molecule has 0 aliphatic heterocycles. The van der Waals surface area contributed by atoms with Gasteiger partial charge in [0.25, 0.3) is 0 Å². The second-order valence-electron chi connectivity index (χ2n) is 11.2. The van der Waals surface area contributed by atoms with Crippen molar-refractivity contribution in [3.8, 4) is 11.3 Å². The van der Waals surface area contributed by atoms with Gasteiger partial charge in [0.2, 0.25) is 5.69 Å². The van der Waals surface area contributed by atoms with E-state index in [0.717, 1.165) is 11.1 Å². The summed E-state index contributed by atoms with van der Waals surface area (Å²) in [5, 5.41) is 2.44. The molecule has 1 saturated carbocycles. The predicted molar refractivity (Wildman–Crippen MR) is 127 cm³/mol. The fourth-order valence-corrected chi connectivity index (χ4v) is 6.03. The van der Waals surface area contributed by atoms with Crippen LogP contribution < -0.4 is 4.57 Å². The zero-order valence-electron chi connectivity index (χ0n) is 20.7. The molecule has 0 atom stereocenters. The van der Waals surface area contributed by atoms with Crippen molar-refractivity contribution in [2.75, 3.05) is 0 Å². The summed E-state index contributed by atoms with van der Waals surface area (Å²) in [6, 6.07) is 12.3. The molecule has 1 heteroatoms. The summed E-state index contributed by atoms with van der Waals surface area (Å²) in [4.78, 5) is 0. The highest BCUT2D eigenvalue weighted by Gasteiger charge is 2.39. The van der Waals surface area contributed by atoms with Crippen molar-refractivity contribution in [1.29, 1.82) is 0 Å². The van der Waals surface area contributed by atoms with Crippen molar-refractivity contribution in [1.82, 2.24) is 0 Å². The van der Waals surface area contributed by atoms with Gasteiger partial charge in [0.05, 0.1) is 12.3 Å². The Balaban J connectivity index is 1.85. The van der Waals surface area contributed by atoms with Crippen LogP contribution in [0.3, 0.4) is 0 Å². The summed E-state index contributed by atoms with van der Waals surface area (Å²) in [6.45, 7) is 13.9. The van der Waals surface area contributed by atoms with Crippen LogP contribution in [0.25, 0.3) is 22.0 Å². The van der Waals surface area contributed by atoms with E-state index in [0.29, 0.717) is 17.4 Å². The molecule has 0 N–H and O–H groups in total. The maximum atomic E-state index is 9.04. The first kappa shape index (κ1) is 18.6. The fourth-order valence-electron chi connectivity index (χ4n) is 6.03. The van der Waals surface area contributed by atoms with Crippen LogP contribution in [0.2, 0.25) is 0 Å². The highest BCUT2D eigenvalue weighted by atomic mass is 14.9. The number of aromatic nitrogens is 1. The Bertz CT molecular complexity index is 1220. The van der Waals surface area contributed by atoms with Gasteiger partial charge in [-0.3, -0.25) is 0 Å². The van der Waals surface area contributed by atoms with Gasteiger partial charge in [0.1, 0.15) is 7.05 Å². The van der Waals surface area contributed by atoms with Gasteiger partial charge in [-0.05, 0) is 71.6 Å². The molecule has 0 spiro atoms. The molecule has 1 heterocycles. The molecule has 3 aromatic rings. The van der Waals surface area contributed by atoms with Crippen LogP contribution in [-0.2, 0) is 12.5 Å². The highest BCUT2D eigenvalue weighted by molar-refractivity contribution is 6.01. The average Bonchev–Trinajstić information content (AvgIpc) is 2.72. The molecule has 0 saturated heterocycles. The molecule has 1 fully saturated rings. The molecule has 0 unspecified atom stereocenters. The van der Waals surface area contributed by atoms with Crippen molar-refractivity contribution in [3.05, 3.63) is 64.3 Å². The maximum absolute atomic E-state index is 9.04. The zero-order chi connectivity index (χ0) is 22.3. The largest absolute Gasteiger partial charge is 0.221 e. The number of pyridine rings is 1. The normalized spacial score (nSPS) is 20.2. The fraction of sp³-hybridized carbons (Fsp3) is 0.483. The summed E-state index contributed by atoms with van der Waals surface area (Å²) in [5.74, 6) is 0.612. The van der Waals surface area contributed by atoms with Crippen molar-refractivity contribution in [2.24, 2.45) is 12.5 Å². The second-order valence-corrected chi connectivity index (χ2v) is 11.2. The Morgan fingerprint density at radius 3 is 2.40 bits per heavy atom. The summed E-state index contributed by atoms with van der Waals surface area (Å²) in [7, 11) is 2.14. The summed E-state index contributed by atoms with van der Waals surface area (Å²) in [5.41, 5.74) is 9.69. The molecule has 2 aliphatic rings. The monoisotopic (exact) mass is 399 g/mol. The van der Waals surface area contributed by atoms with Crippen LogP contribution >= 0.6 is 0 Å². The zero-order valence-corrected chi connectivity index (χ0v) is 19.7. The lowest BCUT2D eigenvalue weighted by molar-refractivity contribution is -0.665. The minimum Gasteiger partial charge on any atom is -0.198 e. The van der Waals surface area contributed by atoms with Crippen molar-refractivity contribution >= 4 is 10.8 Å². The standard InChI is InChI=1S/C29H36N/c1-18-9-8-10-23-25(18)27-26-22(15-19(2)30(27)7)16-21(17-24(26)29(23,5)6)20-11-13-28(3,4)14-12-20/h8-10,15-17,20H,11-14H2,1-7H3/q+1/i15D. The van der Waals surface area contributed by atoms with Crippen molar-refractivity contribution < 1.29 is 5.94 Å². The van der Waals surface area contributed by atoms with E-state index in [-0.39, 0.29) is 5.41 Å². The number of hydrogen-bond donors (Lipinski definition) is 0. The third-order valence-electron chi connectivity index (χ3n) is 8.22. The molecule has 0 amide bonds. The van der Waals surface area contributed by atoms with Crippen molar-refractivity contribution in [3.63, 3.8) is 0 Å². The first-order valence-electron chi connectivity index (χ1n) is 12.1. The van der Waals surface area contributed by atoms with E-state index in [2.05, 4.69) is 83.5 Å². The molecule has 1 aromatic heterocycles. The first-order valence-corrected chi connectivity index (χ1v) is 11.6. The quantitative estimate of drug-likeness (QED) is 0.379. The van der Waals surface area contributed by atoms with Gasteiger partial charge >= 0.3 is 0 Å². The number of fused-ring (bicyclic) bond motifs is 2. The second kappa shape index (κ2) is 6.42. The van der Waals surface area contributed by atoms with E-state index in [1.54, 1.807) is 0 Å². The number of nitrogens with zero attached hydrogens (tertiary/aromatic N) is 1. The highest BCUT2D eigenvalue weighted by Crippen LogP contribution is 2.50. The van der Waals surface area contributed by atoms with E-state index in [9.17, 15) is 0 Å². The van der Waals surface area contributed by atoms with Crippen LogP contribution in [-0.4, -0.2) is 0 Å². The van der Waals surface area contributed by atoms with E-state index < -0.39 is 0 Å². The number of rotatable bonds is 1. The smallest absolute Gasteiger partial charge is 0.198 e. The Labute approximate surface area is 183 Å². The molecule has 0 radical (unpaired) electrons. The van der Waals surface area contributed by atoms with Gasteiger partial charge in [0, 0.05) is 18.4 Å². The molecule has 0 bridgehead atoms. The molecular weight excluding hydrogens is 362 g/mol. The number of aryl methyl sites for hydroxylation is 1. The summed E-state index contributed by atoms with van der Waals surface area (Å²) >= 11 is 0. The van der Waals surface area contributed by atoms with E-state index >= 15 is 0 Å². The molecule has 5 rings (SSSR count). The van der Waals surface area contributed by atoms with E-state index in [1.807, 2.05) is 0 Å². The minimum absolute atomic E-state index is 0.0781. The Morgan fingerprint density at radius 2 is 1.70 bits per heavy atom. The Kier molecular flexibility index (Phi) is 3.98. The lowest BCUT2D eigenvalue weighted by Gasteiger charge is -2.37. The van der Waals surface area contributed by atoms with Crippen LogP contribution in [0.4, 0.5) is 0 Å². The number of benzene rings is 2. The van der Waals surface area contributed by atoms with Gasteiger partial charge in [-0.25, -0.2) is 0 Å². The van der Waals surface area contributed by atoms with E-state index in [4.69, 9.17) is 1.37 Å². The van der Waals surface area contributed by atoms with Crippen LogP contribution in [0.15, 0.2) is 36.4 Å². The molecule has 2 aromatic carbocycles. The maximum Gasteiger partial charge on any atom is 0.221 e. The molecule has 156 valence electrons. The molecule has 2 aliphatic carbocycles. The van der Waals surface area contributed by atoms with Gasteiger partial charge in [0.15, 0.2) is 5.69 Å². The molecule has 1 nitrogen and oxygen atoms in total. The lowest BCUT2D eigenvalue weighted by Crippen LogP contribution is -2.38. The topological polar surface area (TPSA) is 3.88 Å². The van der Waals surface area contributed by atoms with Gasteiger partial charge in [-0.2, -0.15) is 4.57 Å². The summed E-state index contributed by atoms with van der Waals surface area (Å²) in [6.07, 6.45) is 5.10.